The van der Waals surface area contributed by atoms with E-state index in [0.29, 0.717) is 33.4 Å². The minimum absolute atomic E-state index is 0.0104. The second kappa shape index (κ2) is 6.22. The number of benzene rings is 1. The average molecular weight is 347 g/mol. The molecule has 0 aliphatic rings. The molecule has 0 unspecified atom stereocenters. The van der Waals surface area contributed by atoms with E-state index in [-0.39, 0.29) is 5.02 Å². The van der Waals surface area contributed by atoms with Gasteiger partial charge in [-0.2, -0.15) is 0 Å². The maximum absolute atomic E-state index is 14.8. The second-order valence-corrected chi connectivity index (χ2v) is 5.82. The third-order valence-electron chi connectivity index (χ3n) is 3.94. The maximum Gasteiger partial charge on any atom is 0.150 e. The van der Waals surface area contributed by atoms with E-state index >= 15 is 0 Å². The first-order valence-electron chi connectivity index (χ1n) is 7.22. The topological polar surface area (TPSA) is 73.1 Å². The molecule has 0 fully saturated rings. The first-order valence-corrected chi connectivity index (χ1v) is 7.60. The largest absolute Gasteiger partial charge is 0.384 e. The van der Waals surface area contributed by atoms with E-state index < -0.39 is 5.82 Å². The Kier molecular flexibility index (Phi) is 4.26. The Morgan fingerprint density at radius 1 is 1.17 bits per heavy atom. The standard InChI is InChI=1S/C17H16ClFN4O/c1-8-12(6-21-9(2)17(8)23-24-3)11-4-10-5-14(20)22-7-13(10)15(18)16(11)19/h4-7,23H,1-3H3,(H2,20,22). The Labute approximate surface area is 143 Å². The van der Waals surface area contributed by atoms with Crippen molar-refractivity contribution >= 4 is 33.9 Å². The number of nitrogens with one attached hydrogen (secondary N) is 1. The molecule has 2 heterocycles. The number of anilines is 2. The molecule has 0 spiro atoms. The van der Waals surface area contributed by atoms with E-state index in [0.717, 1.165) is 11.3 Å². The van der Waals surface area contributed by atoms with Crippen molar-refractivity contribution in [1.82, 2.24) is 9.97 Å². The number of nitrogens with two attached hydrogens (primary N) is 1. The maximum atomic E-state index is 14.8. The van der Waals surface area contributed by atoms with Crippen LogP contribution in [0, 0.1) is 19.7 Å². The number of rotatable bonds is 3. The van der Waals surface area contributed by atoms with Crippen molar-refractivity contribution in [1.29, 1.82) is 0 Å². The van der Waals surface area contributed by atoms with E-state index in [1.54, 1.807) is 18.3 Å². The normalized spacial score (nSPS) is 11.0. The lowest BCUT2D eigenvalue weighted by Crippen LogP contribution is -2.04. The lowest BCUT2D eigenvalue weighted by atomic mass is 9.97. The predicted molar refractivity (Wildman–Crippen MR) is 94.5 cm³/mol. The molecular weight excluding hydrogens is 331 g/mol. The molecule has 0 aliphatic heterocycles. The highest BCUT2D eigenvalue weighted by molar-refractivity contribution is 6.36. The molecule has 0 radical (unpaired) electrons. The number of aromatic nitrogens is 2. The summed E-state index contributed by atoms with van der Waals surface area (Å²) in [5, 5.41) is 1.24. The summed E-state index contributed by atoms with van der Waals surface area (Å²) in [5.41, 5.74) is 11.7. The van der Waals surface area contributed by atoms with Crippen molar-refractivity contribution in [3.63, 3.8) is 0 Å². The van der Waals surface area contributed by atoms with Crippen LogP contribution in [-0.2, 0) is 4.84 Å². The third-order valence-corrected chi connectivity index (χ3v) is 4.31. The van der Waals surface area contributed by atoms with Crippen LogP contribution in [0.2, 0.25) is 5.02 Å². The van der Waals surface area contributed by atoms with E-state index in [1.807, 2.05) is 13.8 Å². The molecule has 0 bridgehead atoms. The van der Waals surface area contributed by atoms with Gasteiger partial charge in [0.15, 0.2) is 0 Å². The number of aryl methyl sites for hydroxylation is 1. The molecule has 0 atom stereocenters. The molecule has 0 aliphatic carbocycles. The number of nitrogen functional groups attached to an aromatic ring is 1. The molecule has 0 amide bonds. The quantitative estimate of drug-likeness (QED) is 0.693. The van der Waals surface area contributed by atoms with Crippen LogP contribution in [0.15, 0.2) is 24.5 Å². The van der Waals surface area contributed by atoms with Crippen LogP contribution in [0.1, 0.15) is 11.3 Å². The predicted octanol–water partition coefficient (Wildman–Crippen LogP) is 4.26. The van der Waals surface area contributed by atoms with Crippen molar-refractivity contribution in [2.24, 2.45) is 0 Å². The monoisotopic (exact) mass is 346 g/mol. The Balaban J connectivity index is 2.30. The number of halogens is 2. The fourth-order valence-electron chi connectivity index (χ4n) is 2.69. The summed E-state index contributed by atoms with van der Waals surface area (Å²) in [6, 6.07) is 3.36. The number of hydrogen-bond acceptors (Lipinski definition) is 5. The molecule has 7 heteroatoms. The average Bonchev–Trinajstić information content (AvgIpc) is 2.55. The molecule has 24 heavy (non-hydrogen) atoms. The number of hydrogen-bond donors (Lipinski definition) is 2. The van der Waals surface area contributed by atoms with Crippen LogP contribution in [0.4, 0.5) is 15.9 Å². The van der Waals surface area contributed by atoms with Crippen molar-refractivity contribution in [2.75, 3.05) is 18.3 Å². The van der Waals surface area contributed by atoms with Gasteiger partial charge in [0.25, 0.3) is 0 Å². The number of fused-ring (bicyclic) bond motifs is 1. The van der Waals surface area contributed by atoms with Gasteiger partial charge in [-0.3, -0.25) is 15.3 Å². The number of pyridine rings is 2. The molecule has 0 saturated carbocycles. The molecule has 0 saturated heterocycles. The lowest BCUT2D eigenvalue weighted by Gasteiger charge is -2.16. The molecular formula is C17H16ClFN4O. The van der Waals surface area contributed by atoms with Crippen LogP contribution >= 0.6 is 11.6 Å². The van der Waals surface area contributed by atoms with Gasteiger partial charge >= 0.3 is 0 Å². The summed E-state index contributed by atoms with van der Waals surface area (Å²) in [4.78, 5) is 13.3. The van der Waals surface area contributed by atoms with Gasteiger partial charge in [0.05, 0.1) is 23.5 Å². The smallest absolute Gasteiger partial charge is 0.150 e. The summed E-state index contributed by atoms with van der Waals surface area (Å²) >= 11 is 6.20. The lowest BCUT2D eigenvalue weighted by molar-refractivity contribution is 0.270. The van der Waals surface area contributed by atoms with Crippen molar-refractivity contribution in [3.8, 4) is 11.1 Å². The molecule has 1 aromatic carbocycles. The number of nitrogens with zero attached hydrogens (tertiary/aromatic N) is 2. The van der Waals surface area contributed by atoms with Crippen LogP contribution in [0.5, 0.6) is 0 Å². The zero-order chi connectivity index (χ0) is 17.4. The minimum Gasteiger partial charge on any atom is -0.384 e. The highest BCUT2D eigenvalue weighted by Crippen LogP contribution is 2.37. The highest BCUT2D eigenvalue weighted by Gasteiger charge is 2.18. The summed E-state index contributed by atoms with van der Waals surface area (Å²) < 4.78 is 14.8. The molecule has 2 aromatic heterocycles. The van der Waals surface area contributed by atoms with Gasteiger partial charge in [-0.25, -0.2) is 9.37 Å². The summed E-state index contributed by atoms with van der Waals surface area (Å²) in [5.74, 6) is -0.176. The van der Waals surface area contributed by atoms with Gasteiger partial charge in [0.2, 0.25) is 0 Å². The fraction of sp³-hybridized carbons (Fsp3) is 0.176. The van der Waals surface area contributed by atoms with E-state index in [9.17, 15) is 4.39 Å². The highest BCUT2D eigenvalue weighted by atomic mass is 35.5. The van der Waals surface area contributed by atoms with Crippen LogP contribution in [0.3, 0.4) is 0 Å². The molecule has 124 valence electrons. The van der Waals surface area contributed by atoms with E-state index in [1.165, 1.54) is 13.3 Å². The first kappa shape index (κ1) is 16.4. The molecule has 3 N–H and O–H groups in total. The SMILES string of the molecule is CONc1c(C)ncc(-c2cc3cc(N)ncc3c(Cl)c2F)c1C. The summed E-state index contributed by atoms with van der Waals surface area (Å²) in [6.07, 6.45) is 3.09. The van der Waals surface area contributed by atoms with Gasteiger partial charge in [0.1, 0.15) is 11.6 Å². The van der Waals surface area contributed by atoms with Crippen LogP contribution < -0.4 is 11.2 Å². The van der Waals surface area contributed by atoms with Gasteiger partial charge in [-0.05, 0) is 36.9 Å². The fourth-order valence-corrected chi connectivity index (χ4v) is 2.95. The zero-order valence-electron chi connectivity index (χ0n) is 13.4. The van der Waals surface area contributed by atoms with Crippen LogP contribution in [-0.4, -0.2) is 17.1 Å². The van der Waals surface area contributed by atoms with E-state index in [4.69, 9.17) is 22.2 Å². The molecule has 5 nitrogen and oxygen atoms in total. The Morgan fingerprint density at radius 2 is 1.92 bits per heavy atom. The van der Waals surface area contributed by atoms with Crippen molar-refractivity contribution in [3.05, 3.63) is 46.6 Å². The van der Waals surface area contributed by atoms with Gasteiger partial charge in [0, 0.05) is 28.9 Å². The summed E-state index contributed by atoms with van der Waals surface area (Å²) in [6.45, 7) is 3.71. The minimum atomic E-state index is -0.521. The Bertz CT molecular complexity index is 946. The van der Waals surface area contributed by atoms with Crippen molar-refractivity contribution < 1.29 is 9.23 Å². The van der Waals surface area contributed by atoms with Crippen molar-refractivity contribution in [2.45, 2.75) is 13.8 Å². The molecule has 3 aromatic rings. The third kappa shape index (κ3) is 2.64. The summed E-state index contributed by atoms with van der Waals surface area (Å²) in [7, 11) is 1.51. The van der Waals surface area contributed by atoms with E-state index in [2.05, 4.69) is 15.4 Å². The van der Waals surface area contributed by atoms with Gasteiger partial charge in [-0.1, -0.05) is 11.6 Å². The molecule has 3 rings (SSSR count). The van der Waals surface area contributed by atoms with Gasteiger partial charge < -0.3 is 5.73 Å². The first-order chi connectivity index (χ1) is 11.4. The van der Waals surface area contributed by atoms with Gasteiger partial charge in [-0.15, -0.1) is 0 Å². The van der Waals surface area contributed by atoms with Crippen LogP contribution in [0.25, 0.3) is 21.9 Å². The second-order valence-electron chi connectivity index (χ2n) is 5.45. The Hall–Kier alpha value is -2.44. The zero-order valence-corrected chi connectivity index (χ0v) is 14.2. The Morgan fingerprint density at radius 3 is 2.62 bits per heavy atom.